The Labute approximate surface area is 164 Å². The number of benzene rings is 2. The molecule has 2 aromatic carbocycles. The molecule has 0 radical (unpaired) electrons. The van der Waals surface area contributed by atoms with Crippen molar-refractivity contribution in [2.75, 3.05) is 14.2 Å². The summed E-state index contributed by atoms with van der Waals surface area (Å²) >= 11 is 0. The fourth-order valence-corrected chi connectivity index (χ4v) is 2.83. The maximum absolute atomic E-state index is 12.6. The molecule has 0 fully saturated rings. The van der Waals surface area contributed by atoms with Crippen LogP contribution >= 0.6 is 0 Å². The van der Waals surface area contributed by atoms with Crippen LogP contribution in [-0.2, 0) is 4.79 Å². The molecule has 0 spiro atoms. The molecule has 5 nitrogen and oxygen atoms in total. The number of rotatable bonds is 7. The van der Waals surface area contributed by atoms with Gasteiger partial charge in [-0.15, -0.1) is 0 Å². The Kier molecular flexibility index (Phi) is 6.41. The fourth-order valence-electron chi connectivity index (χ4n) is 2.83. The maximum Gasteiger partial charge on any atom is 0.244 e. The third-order valence-electron chi connectivity index (χ3n) is 4.26. The lowest BCUT2D eigenvalue weighted by molar-refractivity contribution is -0.116. The van der Waals surface area contributed by atoms with E-state index in [4.69, 9.17) is 9.47 Å². The van der Waals surface area contributed by atoms with Crippen molar-refractivity contribution in [3.05, 3.63) is 95.8 Å². The molecule has 0 aliphatic carbocycles. The third kappa shape index (κ3) is 4.76. The van der Waals surface area contributed by atoms with Gasteiger partial charge in [-0.1, -0.05) is 36.4 Å². The van der Waals surface area contributed by atoms with Crippen LogP contribution < -0.4 is 14.8 Å². The summed E-state index contributed by atoms with van der Waals surface area (Å²) < 4.78 is 10.6. The Morgan fingerprint density at radius 3 is 2.46 bits per heavy atom. The van der Waals surface area contributed by atoms with Crippen LogP contribution in [0, 0.1) is 0 Å². The van der Waals surface area contributed by atoms with E-state index in [1.165, 1.54) is 6.08 Å². The molecule has 0 aliphatic rings. The first-order chi connectivity index (χ1) is 13.7. The number of nitrogens with zero attached hydrogens (tertiary/aromatic N) is 1. The number of hydrogen-bond donors (Lipinski definition) is 1. The minimum absolute atomic E-state index is 0.225. The molecule has 1 atom stereocenters. The number of pyridine rings is 1. The zero-order chi connectivity index (χ0) is 19.8. The van der Waals surface area contributed by atoms with Gasteiger partial charge in [0.2, 0.25) is 5.91 Å². The standard InChI is InChI=1S/C23H22N2O3/c1-27-19-13-11-17(21(16-19)28-2)12-14-22(26)25-23(18-8-4-3-5-9-18)20-10-6-7-15-24-20/h3-16,23H,1-2H3,(H,25,26)/b14-12+. The minimum atomic E-state index is -0.336. The van der Waals surface area contributed by atoms with E-state index >= 15 is 0 Å². The average molecular weight is 374 g/mol. The predicted octanol–water partition coefficient (Wildman–Crippen LogP) is 4.02. The van der Waals surface area contributed by atoms with Gasteiger partial charge in [-0.05, 0) is 35.9 Å². The summed E-state index contributed by atoms with van der Waals surface area (Å²) in [6.07, 6.45) is 4.92. The van der Waals surface area contributed by atoms with Crippen molar-refractivity contribution >= 4 is 12.0 Å². The number of ether oxygens (including phenoxy) is 2. The zero-order valence-electron chi connectivity index (χ0n) is 15.8. The molecule has 5 heteroatoms. The van der Waals surface area contributed by atoms with Crippen LogP contribution in [0.5, 0.6) is 11.5 Å². The second-order valence-corrected chi connectivity index (χ2v) is 6.05. The van der Waals surface area contributed by atoms with Crippen molar-refractivity contribution in [1.82, 2.24) is 10.3 Å². The summed E-state index contributed by atoms with van der Waals surface area (Å²) in [5, 5.41) is 3.03. The van der Waals surface area contributed by atoms with E-state index in [1.807, 2.05) is 60.7 Å². The normalized spacial score (nSPS) is 11.8. The van der Waals surface area contributed by atoms with Gasteiger partial charge >= 0.3 is 0 Å². The Bertz CT molecular complexity index is 901. The van der Waals surface area contributed by atoms with Gasteiger partial charge < -0.3 is 14.8 Å². The van der Waals surface area contributed by atoms with Crippen LogP contribution in [-0.4, -0.2) is 25.1 Å². The second kappa shape index (κ2) is 9.37. The predicted molar refractivity (Wildman–Crippen MR) is 109 cm³/mol. The third-order valence-corrected chi connectivity index (χ3v) is 4.26. The smallest absolute Gasteiger partial charge is 0.244 e. The molecule has 3 aromatic rings. The molecule has 1 aromatic heterocycles. The molecule has 0 bridgehead atoms. The van der Waals surface area contributed by atoms with Crippen molar-refractivity contribution < 1.29 is 14.3 Å². The van der Waals surface area contributed by atoms with Crippen LogP contribution in [0.25, 0.3) is 6.08 Å². The van der Waals surface area contributed by atoms with E-state index < -0.39 is 0 Å². The summed E-state index contributed by atoms with van der Waals surface area (Å²) in [6.45, 7) is 0. The summed E-state index contributed by atoms with van der Waals surface area (Å²) in [5.74, 6) is 1.10. The molecule has 1 heterocycles. The van der Waals surface area contributed by atoms with Gasteiger partial charge in [-0.25, -0.2) is 0 Å². The first kappa shape index (κ1) is 19.2. The summed E-state index contributed by atoms with van der Waals surface area (Å²) in [6, 6.07) is 20.5. The molecule has 0 aliphatic heterocycles. The molecular weight excluding hydrogens is 352 g/mol. The fraction of sp³-hybridized carbons (Fsp3) is 0.130. The van der Waals surface area contributed by atoms with Gasteiger partial charge in [0, 0.05) is 23.9 Å². The van der Waals surface area contributed by atoms with Gasteiger partial charge in [0.25, 0.3) is 0 Å². The average Bonchev–Trinajstić information content (AvgIpc) is 2.77. The summed E-state index contributed by atoms with van der Waals surface area (Å²) in [7, 11) is 3.18. The van der Waals surface area contributed by atoms with Crippen molar-refractivity contribution in [2.45, 2.75) is 6.04 Å². The highest BCUT2D eigenvalue weighted by molar-refractivity contribution is 5.92. The van der Waals surface area contributed by atoms with Gasteiger partial charge in [0.15, 0.2) is 0 Å². The van der Waals surface area contributed by atoms with E-state index in [0.717, 1.165) is 16.8 Å². The lowest BCUT2D eigenvalue weighted by Crippen LogP contribution is -2.28. The molecular formula is C23H22N2O3. The van der Waals surface area contributed by atoms with E-state index in [2.05, 4.69) is 10.3 Å². The number of amides is 1. The highest BCUT2D eigenvalue weighted by Crippen LogP contribution is 2.25. The zero-order valence-corrected chi connectivity index (χ0v) is 15.8. The monoisotopic (exact) mass is 374 g/mol. The molecule has 3 rings (SSSR count). The quantitative estimate of drug-likeness (QED) is 0.635. The first-order valence-corrected chi connectivity index (χ1v) is 8.87. The molecule has 1 unspecified atom stereocenters. The molecule has 142 valence electrons. The molecule has 1 amide bonds. The topological polar surface area (TPSA) is 60.5 Å². The van der Waals surface area contributed by atoms with E-state index in [1.54, 1.807) is 32.6 Å². The minimum Gasteiger partial charge on any atom is -0.497 e. The SMILES string of the molecule is COc1ccc(/C=C/C(=O)NC(c2ccccc2)c2ccccn2)c(OC)c1. The van der Waals surface area contributed by atoms with Crippen molar-refractivity contribution in [2.24, 2.45) is 0 Å². The van der Waals surface area contributed by atoms with Crippen LogP contribution in [0.1, 0.15) is 22.9 Å². The van der Waals surface area contributed by atoms with Gasteiger partial charge in [0.05, 0.1) is 26.0 Å². The molecule has 1 N–H and O–H groups in total. The molecule has 0 saturated carbocycles. The van der Waals surface area contributed by atoms with Crippen molar-refractivity contribution in [3.8, 4) is 11.5 Å². The van der Waals surface area contributed by atoms with E-state index in [0.29, 0.717) is 11.5 Å². The number of carbonyl (C=O) groups is 1. The van der Waals surface area contributed by atoms with Gasteiger partial charge in [0.1, 0.15) is 11.5 Å². The summed E-state index contributed by atoms with van der Waals surface area (Å²) in [5.41, 5.74) is 2.52. The Morgan fingerprint density at radius 1 is 1.00 bits per heavy atom. The van der Waals surface area contributed by atoms with Crippen LogP contribution in [0.2, 0.25) is 0 Å². The second-order valence-electron chi connectivity index (χ2n) is 6.05. The number of hydrogen-bond acceptors (Lipinski definition) is 4. The van der Waals surface area contributed by atoms with Crippen LogP contribution in [0.15, 0.2) is 79.0 Å². The lowest BCUT2D eigenvalue weighted by Gasteiger charge is -2.18. The highest BCUT2D eigenvalue weighted by atomic mass is 16.5. The van der Waals surface area contributed by atoms with Crippen molar-refractivity contribution in [3.63, 3.8) is 0 Å². The van der Waals surface area contributed by atoms with Crippen LogP contribution in [0.4, 0.5) is 0 Å². The van der Waals surface area contributed by atoms with Crippen LogP contribution in [0.3, 0.4) is 0 Å². The first-order valence-electron chi connectivity index (χ1n) is 8.87. The highest BCUT2D eigenvalue weighted by Gasteiger charge is 2.16. The number of aromatic nitrogens is 1. The number of nitrogens with one attached hydrogen (secondary N) is 1. The van der Waals surface area contributed by atoms with Gasteiger partial charge in [-0.2, -0.15) is 0 Å². The Hall–Kier alpha value is -3.60. The molecule has 0 saturated heterocycles. The molecule has 28 heavy (non-hydrogen) atoms. The van der Waals surface area contributed by atoms with Gasteiger partial charge in [-0.3, -0.25) is 9.78 Å². The number of methoxy groups -OCH3 is 2. The van der Waals surface area contributed by atoms with Crippen molar-refractivity contribution in [1.29, 1.82) is 0 Å². The Morgan fingerprint density at radius 2 is 1.79 bits per heavy atom. The number of carbonyl (C=O) groups excluding carboxylic acids is 1. The maximum atomic E-state index is 12.6. The summed E-state index contributed by atoms with van der Waals surface area (Å²) in [4.78, 5) is 17.0. The van der Waals surface area contributed by atoms with E-state index in [9.17, 15) is 4.79 Å². The largest absolute Gasteiger partial charge is 0.497 e. The Balaban J connectivity index is 1.80. The van der Waals surface area contributed by atoms with E-state index in [-0.39, 0.29) is 11.9 Å². The lowest BCUT2D eigenvalue weighted by atomic mass is 10.0.